The fourth-order valence-corrected chi connectivity index (χ4v) is 5.21. The molecular formula is C25H36N4O3. The molecule has 1 unspecified atom stereocenters. The van der Waals surface area contributed by atoms with Gasteiger partial charge in [-0.15, -0.1) is 0 Å². The smallest absolute Gasteiger partial charge is 0.239 e. The Morgan fingerprint density at radius 3 is 2.25 bits per heavy atom. The van der Waals surface area contributed by atoms with Crippen LogP contribution in [0.3, 0.4) is 0 Å². The van der Waals surface area contributed by atoms with E-state index in [1.807, 2.05) is 48.0 Å². The lowest BCUT2D eigenvalue weighted by Crippen LogP contribution is -2.53. The van der Waals surface area contributed by atoms with E-state index in [4.69, 9.17) is 0 Å². The topological polar surface area (TPSA) is 64.2 Å². The molecule has 2 aliphatic heterocycles. The van der Waals surface area contributed by atoms with Crippen molar-refractivity contribution in [2.24, 2.45) is 5.92 Å². The third-order valence-electron chi connectivity index (χ3n) is 7.41. The normalized spacial score (nSPS) is 22.9. The van der Waals surface area contributed by atoms with E-state index in [0.29, 0.717) is 51.7 Å². The summed E-state index contributed by atoms with van der Waals surface area (Å²) in [6.07, 6.45) is 6.49. The Kier molecular flexibility index (Phi) is 7.13. The van der Waals surface area contributed by atoms with Gasteiger partial charge in [0.25, 0.3) is 0 Å². The monoisotopic (exact) mass is 440 g/mol. The zero-order chi connectivity index (χ0) is 22.7. The van der Waals surface area contributed by atoms with Gasteiger partial charge in [-0.1, -0.05) is 37.0 Å². The molecule has 1 aliphatic carbocycles. The average molecular weight is 441 g/mol. The van der Waals surface area contributed by atoms with Crippen molar-refractivity contribution < 1.29 is 14.4 Å². The first-order chi connectivity index (χ1) is 15.4. The van der Waals surface area contributed by atoms with E-state index in [1.165, 1.54) is 19.3 Å². The maximum absolute atomic E-state index is 13.1. The molecule has 7 heteroatoms. The highest BCUT2D eigenvalue weighted by Gasteiger charge is 2.40. The van der Waals surface area contributed by atoms with E-state index in [0.717, 1.165) is 24.1 Å². The number of amides is 3. The largest absolute Gasteiger partial charge is 0.342 e. The van der Waals surface area contributed by atoms with Gasteiger partial charge in [0.1, 0.15) is 5.92 Å². The number of rotatable bonds is 5. The third-order valence-corrected chi connectivity index (χ3v) is 7.41. The predicted octanol–water partition coefficient (Wildman–Crippen LogP) is 2.28. The fraction of sp³-hybridized carbons (Fsp3) is 0.640. The molecule has 3 fully saturated rings. The molecular weight excluding hydrogens is 404 g/mol. The molecule has 7 nitrogen and oxygen atoms in total. The minimum atomic E-state index is -0.582. The number of benzene rings is 1. The second-order valence-electron chi connectivity index (χ2n) is 9.56. The van der Waals surface area contributed by atoms with Gasteiger partial charge in [-0.3, -0.25) is 19.3 Å². The zero-order valence-electron chi connectivity index (χ0n) is 19.5. The molecule has 1 aromatic carbocycles. The van der Waals surface area contributed by atoms with E-state index in [2.05, 4.69) is 4.90 Å². The molecule has 1 saturated carbocycles. The number of carbonyl (C=O) groups is 3. The Morgan fingerprint density at radius 2 is 1.59 bits per heavy atom. The standard InChI is InChI=1S/C25H36N4O3/c1-19-8-10-21(11-9-19)29-13-12-22(25(29)32)24(31)28-16-14-27(15-17-28)18-23(30)26(2)20-6-4-3-5-7-20/h8-11,20,22H,3-7,12-18H2,1-2H3. The minimum absolute atomic E-state index is 0.0603. The molecule has 1 atom stereocenters. The second kappa shape index (κ2) is 10.0. The summed E-state index contributed by atoms with van der Waals surface area (Å²) in [6, 6.07) is 8.25. The van der Waals surface area contributed by atoms with E-state index >= 15 is 0 Å². The first-order valence-electron chi connectivity index (χ1n) is 12.1. The maximum atomic E-state index is 13.1. The first kappa shape index (κ1) is 22.8. The minimum Gasteiger partial charge on any atom is -0.342 e. The average Bonchev–Trinajstić information content (AvgIpc) is 3.21. The Morgan fingerprint density at radius 1 is 0.938 bits per heavy atom. The molecule has 32 heavy (non-hydrogen) atoms. The molecule has 0 aromatic heterocycles. The highest BCUT2D eigenvalue weighted by molar-refractivity contribution is 6.09. The summed E-state index contributed by atoms with van der Waals surface area (Å²) in [5, 5.41) is 0. The molecule has 0 N–H and O–H groups in total. The highest BCUT2D eigenvalue weighted by atomic mass is 16.2. The Hall–Kier alpha value is -2.41. The Labute approximate surface area is 191 Å². The van der Waals surface area contributed by atoms with Crippen molar-refractivity contribution >= 4 is 23.4 Å². The number of hydrogen-bond donors (Lipinski definition) is 0. The number of aryl methyl sites for hydroxylation is 1. The molecule has 0 bridgehead atoms. The number of nitrogens with zero attached hydrogens (tertiary/aromatic N) is 4. The third kappa shape index (κ3) is 4.98. The van der Waals surface area contributed by atoms with Gasteiger partial charge in [0.2, 0.25) is 17.7 Å². The molecule has 0 radical (unpaired) electrons. The summed E-state index contributed by atoms with van der Waals surface area (Å²) < 4.78 is 0. The molecule has 3 amide bonds. The van der Waals surface area contributed by atoms with Crippen LogP contribution >= 0.6 is 0 Å². The van der Waals surface area contributed by atoms with Gasteiger partial charge >= 0.3 is 0 Å². The van der Waals surface area contributed by atoms with Crippen LogP contribution in [-0.4, -0.2) is 84.8 Å². The van der Waals surface area contributed by atoms with E-state index in [9.17, 15) is 14.4 Å². The number of carbonyl (C=O) groups excluding carboxylic acids is 3. The van der Waals surface area contributed by atoms with E-state index in [-0.39, 0.29) is 17.7 Å². The van der Waals surface area contributed by atoms with Crippen LogP contribution in [0.5, 0.6) is 0 Å². The molecule has 2 saturated heterocycles. The van der Waals surface area contributed by atoms with Crippen molar-refractivity contribution in [3.8, 4) is 0 Å². The predicted molar refractivity (Wildman–Crippen MR) is 124 cm³/mol. The molecule has 3 aliphatic rings. The summed E-state index contributed by atoms with van der Waals surface area (Å²) in [5.74, 6) is -0.557. The van der Waals surface area contributed by atoms with Crippen molar-refractivity contribution in [2.45, 2.75) is 51.5 Å². The van der Waals surface area contributed by atoms with Crippen molar-refractivity contribution in [2.75, 3.05) is 51.2 Å². The summed E-state index contributed by atoms with van der Waals surface area (Å²) in [4.78, 5) is 46.3. The highest BCUT2D eigenvalue weighted by Crippen LogP contribution is 2.27. The van der Waals surface area contributed by atoms with Crippen LogP contribution in [-0.2, 0) is 14.4 Å². The Balaban J connectivity index is 1.26. The van der Waals surface area contributed by atoms with Crippen LogP contribution < -0.4 is 4.90 Å². The quantitative estimate of drug-likeness (QED) is 0.659. The van der Waals surface area contributed by atoms with Crippen molar-refractivity contribution in [3.63, 3.8) is 0 Å². The number of hydrogen-bond acceptors (Lipinski definition) is 4. The van der Waals surface area contributed by atoms with Gasteiger partial charge in [-0.05, 0) is 38.3 Å². The lowest BCUT2D eigenvalue weighted by Gasteiger charge is -2.37. The summed E-state index contributed by atoms with van der Waals surface area (Å²) in [5.41, 5.74) is 2.01. The summed E-state index contributed by atoms with van der Waals surface area (Å²) in [7, 11) is 1.93. The first-order valence-corrected chi connectivity index (χ1v) is 12.1. The summed E-state index contributed by atoms with van der Waals surface area (Å²) >= 11 is 0. The van der Waals surface area contributed by atoms with Crippen LogP contribution in [0.2, 0.25) is 0 Å². The maximum Gasteiger partial charge on any atom is 0.239 e. The lowest BCUT2D eigenvalue weighted by atomic mass is 9.94. The van der Waals surface area contributed by atoms with Crippen molar-refractivity contribution in [1.82, 2.24) is 14.7 Å². The molecule has 4 rings (SSSR count). The van der Waals surface area contributed by atoms with Crippen LogP contribution in [0, 0.1) is 12.8 Å². The molecule has 2 heterocycles. The van der Waals surface area contributed by atoms with Crippen LogP contribution in [0.4, 0.5) is 5.69 Å². The van der Waals surface area contributed by atoms with Gasteiger partial charge in [0.05, 0.1) is 6.54 Å². The second-order valence-corrected chi connectivity index (χ2v) is 9.56. The van der Waals surface area contributed by atoms with Crippen LogP contribution in [0.1, 0.15) is 44.1 Å². The van der Waals surface area contributed by atoms with Crippen molar-refractivity contribution in [1.29, 1.82) is 0 Å². The SMILES string of the molecule is Cc1ccc(N2CCC(C(=O)N3CCN(CC(=O)N(C)C4CCCCC4)CC3)C2=O)cc1. The molecule has 1 aromatic rings. The van der Waals surface area contributed by atoms with Crippen molar-refractivity contribution in [3.05, 3.63) is 29.8 Å². The van der Waals surface area contributed by atoms with Gasteiger partial charge in [-0.25, -0.2) is 0 Å². The zero-order valence-corrected chi connectivity index (χ0v) is 19.5. The van der Waals surface area contributed by atoms with Gasteiger partial charge < -0.3 is 14.7 Å². The van der Waals surface area contributed by atoms with E-state index in [1.54, 1.807) is 4.90 Å². The van der Waals surface area contributed by atoms with Gasteiger partial charge in [0, 0.05) is 51.5 Å². The van der Waals surface area contributed by atoms with Gasteiger partial charge in [0.15, 0.2) is 0 Å². The molecule has 174 valence electrons. The summed E-state index contributed by atoms with van der Waals surface area (Å²) in [6.45, 7) is 5.53. The van der Waals surface area contributed by atoms with Gasteiger partial charge in [-0.2, -0.15) is 0 Å². The van der Waals surface area contributed by atoms with Crippen LogP contribution in [0.25, 0.3) is 0 Å². The number of piperazine rings is 1. The lowest BCUT2D eigenvalue weighted by molar-refractivity contribution is -0.141. The fourth-order valence-electron chi connectivity index (χ4n) is 5.21. The number of likely N-dealkylation sites (N-methyl/N-ethyl adjacent to an activating group) is 1. The number of anilines is 1. The molecule has 0 spiro atoms. The Bertz CT molecular complexity index is 826. The van der Waals surface area contributed by atoms with E-state index < -0.39 is 5.92 Å². The van der Waals surface area contributed by atoms with Crippen LogP contribution in [0.15, 0.2) is 24.3 Å².